The Hall–Kier alpha value is -4.06. The minimum absolute atomic E-state index is 0.100. The monoisotopic (exact) mass is 429 g/mol. The van der Waals surface area contributed by atoms with Crippen LogP contribution in [0.1, 0.15) is 18.1 Å². The first-order chi connectivity index (χ1) is 15.5. The van der Waals surface area contributed by atoms with Gasteiger partial charge in [0.2, 0.25) is 11.2 Å². The summed E-state index contributed by atoms with van der Waals surface area (Å²) in [5, 5.41) is 3.15. The van der Waals surface area contributed by atoms with Crippen LogP contribution in [0.25, 0.3) is 11.0 Å². The standard InChI is InChI=1S/C26H23NO5/c1-3-18-6-8-19(9-7-18)27-25(28)16-30-21-12-13-22-23(14-21)31-15-24(26(22)29)32-20-10-4-17(2)5-11-20/h4-15H,3,16H2,1-2H3,(H,27,28). The molecule has 6 heteroatoms. The van der Waals surface area contributed by atoms with Gasteiger partial charge >= 0.3 is 0 Å². The molecule has 0 radical (unpaired) electrons. The number of carbonyl (C=O) groups excluding carboxylic acids is 1. The minimum atomic E-state index is -0.286. The number of aryl methyl sites for hydroxylation is 2. The summed E-state index contributed by atoms with van der Waals surface area (Å²) >= 11 is 0. The number of amides is 1. The van der Waals surface area contributed by atoms with Gasteiger partial charge in [-0.1, -0.05) is 36.8 Å². The van der Waals surface area contributed by atoms with Crippen LogP contribution >= 0.6 is 0 Å². The maximum absolute atomic E-state index is 12.7. The van der Waals surface area contributed by atoms with Crippen molar-refractivity contribution >= 4 is 22.6 Å². The molecule has 4 aromatic rings. The average Bonchev–Trinajstić information content (AvgIpc) is 2.81. The third kappa shape index (κ3) is 4.98. The van der Waals surface area contributed by atoms with Crippen molar-refractivity contribution in [3.63, 3.8) is 0 Å². The van der Waals surface area contributed by atoms with E-state index in [-0.39, 0.29) is 23.7 Å². The molecule has 0 saturated heterocycles. The second-order valence-electron chi connectivity index (χ2n) is 7.39. The van der Waals surface area contributed by atoms with Crippen molar-refractivity contribution in [1.29, 1.82) is 0 Å². The fraction of sp³-hybridized carbons (Fsp3) is 0.154. The Morgan fingerprint density at radius 2 is 1.69 bits per heavy atom. The van der Waals surface area contributed by atoms with Gasteiger partial charge in [-0.15, -0.1) is 0 Å². The Labute approximate surface area is 185 Å². The number of rotatable bonds is 7. The molecule has 6 nitrogen and oxygen atoms in total. The third-order valence-electron chi connectivity index (χ3n) is 4.98. The molecule has 4 rings (SSSR count). The number of nitrogens with one attached hydrogen (secondary N) is 1. The number of ether oxygens (including phenoxy) is 2. The molecular formula is C26H23NO5. The first kappa shape index (κ1) is 21.2. The minimum Gasteiger partial charge on any atom is -0.484 e. The van der Waals surface area contributed by atoms with Gasteiger partial charge in [-0.25, -0.2) is 0 Å². The normalized spacial score (nSPS) is 10.7. The summed E-state index contributed by atoms with van der Waals surface area (Å²) in [4.78, 5) is 24.9. The lowest BCUT2D eigenvalue weighted by molar-refractivity contribution is -0.118. The Balaban J connectivity index is 1.42. The van der Waals surface area contributed by atoms with E-state index in [2.05, 4.69) is 12.2 Å². The van der Waals surface area contributed by atoms with E-state index >= 15 is 0 Å². The number of carbonyl (C=O) groups is 1. The van der Waals surface area contributed by atoms with Crippen LogP contribution in [0.15, 0.2) is 82.2 Å². The summed E-state index contributed by atoms with van der Waals surface area (Å²) in [6, 6.07) is 19.8. The average molecular weight is 429 g/mol. The van der Waals surface area contributed by atoms with Crippen LogP contribution in [-0.2, 0) is 11.2 Å². The van der Waals surface area contributed by atoms with Crippen LogP contribution in [0.3, 0.4) is 0 Å². The van der Waals surface area contributed by atoms with Gasteiger partial charge in [0.25, 0.3) is 5.91 Å². The number of hydrogen-bond donors (Lipinski definition) is 1. The number of hydrogen-bond acceptors (Lipinski definition) is 5. The fourth-order valence-electron chi connectivity index (χ4n) is 3.15. The molecule has 0 spiro atoms. The number of anilines is 1. The molecule has 0 aliphatic rings. The summed E-state index contributed by atoms with van der Waals surface area (Å²) in [7, 11) is 0. The molecule has 1 aromatic heterocycles. The molecule has 0 atom stereocenters. The van der Waals surface area contributed by atoms with E-state index in [0.717, 1.165) is 12.0 Å². The van der Waals surface area contributed by atoms with E-state index in [9.17, 15) is 9.59 Å². The van der Waals surface area contributed by atoms with Gasteiger partial charge in [-0.2, -0.15) is 0 Å². The largest absolute Gasteiger partial charge is 0.484 e. The zero-order valence-corrected chi connectivity index (χ0v) is 17.9. The molecule has 0 saturated carbocycles. The number of benzene rings is 3. The zero-order valence-electron chi connectivity index (χ0n) is 17.9. The van der Waals surface area contributed by atoms with E-state index in [0.29, 0.717) is 28.2 Å². The first-order valence-electron chi connectivity index (χ1n) is 10.3. The van der Waals surface area contributed by atoms with Gasteiger partial charge in [-0.05, 0) is 55.3 Å². The second-order valence-corrected chi connectivity index (χ2v) is 7.39. The molecule has 0 fully saturated rings. The van der Waals surface area contributed by atoms with Gasteiger partial charge < -0.3 is 19.2 Å². The number of fused-ring (bicyclic) bond motifs is 1. The predicted octanol–water partition coefficient (Wildman–Crippen LogP) is 5.47. The maximum atomic E-state index is 12.7. The van der Waals surface area contributed by atoms with Crippen LogP contribution in [0, 0.1) is 6.92 Å². The summed E-state index contributed by atoms with van der Waals surface area (Å²) in [5.41, 5.74) is 3.07. The lowest BCUT2D eigenvalue weighted by Crippen LogP contribution is -2.20. The quantitative estimate of drug-likeness (QED) is 0.421. The topological polar surface area (TPSA) is 77.8 Å². The van der Waals surface area contributed by atoms with Crippen LogP contribution in [0.4, 0.5) is 5.69 Å². The van der Waals surface area contributed by atoms with Crippen LogP contribution in [0.2, 0.25) is 0 Å². The van der Waals surface area contributed by atoms with E-state index in [1.807, 2.05) is 43.3 Å². The van der Waals surface area contributed by atoms with Gasteiger partial charge in [0.15, 0.2) is 6.61 Å². The van der Waals surface area contributed by atoms with Crippen molar-refractivity contribution in [3.05, 3.63) is 94.3 Å². The molecule has 3 aromatic carbocycles. The smallest absolute Gasteiger partial charge is 0.262 e. The summed E-state index contributed by atoms with van der Waals surface area (Å²) < 4.78 is 16.8. The Morgan fingerprint density at radius 1 is 0.969 bits per heavy atom. The molecule has 32 heavy (non-hydrogen) atoms. The Kier molecular flexibility index (Phi) is 6.22. The lowest BCUT2D eigenvalue weighted by atomic mass is 10.1. The van der Waals surface area contributed by atoms with E-state index < -0.39 is 0 Å². The van der Waals surface area contributed by atoms with Crippen molar-refractivity contribution in [2.45, 2.75) is 20.3 Å². The van der Waals surface area contributed by atoms with Crippen molar-refractivity contribution < 1.29 is 18.7 Å². The van der Waals surface area contributed by atoms with Crippen LogP contribution in [0.5, 0.6) is 17.2 Å². The predicted molar refractivity (Wildman–Crippen MR) is 124 cm³/mol. The van der Waals surface area contributed by atoms with Crippen molar-refractivity contribution in [2.75, 3.05) is 11.9 Å². The van der Waals surface area contributed by atoms with Gasteiger partial charge in [0, 0.05) is 11.8 Å². The van der Waals surface area contributed by atoms with E-state index in [1.54, 1.807) is 30.3 Å². The molecule has 0 bridgehead atoms. The molecular weight excluding hydrogens is 406 g/mol. The molecule has 1 heterocycles. The van der Waals surface area contributed by atoms with Crippen molar-refractivity contribution in [1.82, 2.24) is 0 Å². The van der Waals surface area contributed by atoms with Gasteiger partial charge in [-0.3, -0.25) is 9.59 Å². The molecule has 1 amide bonds. The molecule has 0 aliphatic carbocycles. The highest BCUT2D eigenvalue weighted by molar-refractivity contribution is 5.92. The van der Waals surface area contributed by atoms with Crippen LogP contribution < -0.4 is 20.2 Å². The summed E-state index contributed by atoms with van der Waals surface area (Å²) in [5.74, 6) is 0.794. The van der Waals surface area contributed by atoms with Crippen LogP contribution in [-0.4, -0.2) is 12.5 Å². The lowest BCUT2D eigenvalue weighted by Gasteiger charge is -2.09. The van der Waals surface area contributed by atoms with Gasteiger partial charge in [0.05, 0.1) is 5.39 Å². The third-order valence-corrected chi connectivity index (χ3v) is 4.98. The maximum Gasteiger partial charge on any atom is 0.262 e. The van der Waals surface area contributed by atoms with Gasteiger partial charge in [0.1, 0.15) is 23.3 Å². The molecule has 0 unspecified atom stereocenters. The summed E-state index contributed by atoms with van der Waals surface area (Å²) in [6.45, 7) is 3.88. The SMILES string of the molecule is CCc1ccc(NC(=O)COc2ccc3c(=O)c(Oc4ccc(C)cc4)coc3c2)cc1. The molecule has 162 valence electrons. The highest BCUT2D eigenvalue weighted by atomic mass is 16.5. The van der Waals surface area contributed by atoms with Crippen molar-refractivity contribution in [2.24, 2.45) is 0 Å². The highest BCUT2D eigenvalue weighted by Gasteiger charge is 2.11. The van der Waals surface area contributed by atoms with E-state index in [4.69, 9.17) is 13.9 Å². The first-order valence-corrected chi connectivity index (χ1v) is 10.3. The Bertz CT molecular complexity index is 1290. The fourth-order valence-corrected chi connectivity index (χ4v) is 3.15. The zero-order chi connectivity index (χ0) is 22.5. The van der Waals surface area contributed by atoms with E-state index in [1.165, 1.54) is 11.8 Å². The molecule has 1 N–H and O–H groups in total. The molecule has 0 aliphatic heterocycles. The highest BCUT2D eigenvalue weighted by Crippen LogP contribution is 2.24. The Morgan fingerprint density at radius 3 is 2.41 bits per heavy atom. The summed E-state index contributed by atoms with van der Waals surface area (Å²) in [6.07, 6.45) is 2.22. The second kappa shape index (κ2) is 9.39. The van der Waals surface area contributed by atoms with Crippen molar-refractivity contribution in [3.8, 4) is 17.2 Å².